The molecule has 4 atom stereocenters. The topological polar surface area (TPSA) is 102 Å². The van der Waals surface area contributed by atoms with Crippen molar-refractivity contribution in [1.82, 2.24) is 15.1 Å². The van der Waals surface area contributed by atoms with Gasteiger partial charge < -0.3 is 30.1 Å². The molecule has 3 unspecified atom stereocenters. The van der Waals surface area contributed by atoms with Crippen molar-refractivity contribution in [2.75, 3.05) is 6.61 Å². The number of rotatable bonds is 3. The van der Waals surface area contributed by atoms with E-state index in [4.69, 9.17) is 16.3 Å². The molecule has 4 aliphatic heterocycles. The molecule has 8 nitrogen and oxygen atoms in total. The molecule has 1 aromatic rings. The molecule has 0 spiro atoms. The normalized spacial score (nSPS) is 29.5. The van der Waals surface area contributed by atoms with E-state index in [2.05, 4.69) is 5.32 Å². The third kappa shape index (κ3) is 2.87. The van der Waals surface area contributed by atoms with E-state index in [1.54, 1.807) is 15.9 Å². The maximum atomic E-state index is 14.1. The van der Waals surface area contributed by atoms with Crippen molar-refractivity contribution in [3.63, 3.8) is 0 Å². The highest BCUT2D eigenvalue weighted by molar-refractivity contribution is 6.30. The SMILES string of the molecule is C[C@@H]1COC2C3CCC4=C(C(=O)NCc5cccc(Cl)c5F)C(O)C(O)=C(C(=O)N21)N43. The lowest BCUT2D eigenvalue weighted by Gasteiger charge is -2.45. The van der Waals surface area contributed by atoms with Gasteiger partial charge in [0.05, 0.1) is 29.3 Å². The third-order valence-electron chi connectivity index (χ3n) is 6.37. The molecule has 4 aliphatic rings. The summed E-state index contributed by atoms with van der Waals surface area (Å²) in [4.78, 5) is 29.3. The second-order valence-electron chi connectivity index (χ2n) is 8.15. The van der Waals surface area contributed by atoms with E-state index >= 15 is 0 Å². The third-order valence-corrected chi connectivity index (χ3v) is 6.66. The van der Waals surface area contributed by atoms with Crippen molar-refractivity contribution in [2.24, 2.45) is 0 Å². The number of aliphatic hydroxyl groups excluding tert-OH is 2. The van der Waals surface area contributed by atoms with Gasteiger partial charge in [0, 0.05) is 17.8 Å². The van der Waals surface area contributed by atoms with Gasteiger partial charge in [-0.2, -0.15) is 0 Å². The summed E-state index contributed by atoms with van der Waals surface area (Å²) in [6, 6.07) is 4.07. The van der Waals surface area contributed by atoms with Crippen LogP contribution >= 0.6 is 11.6 Å². The molecule has 31 heavy (non-hydrogen) atoms. The number of nitrogens with zero attached hydrogens (tertiary/aromatic N) is 2. The molecule has 0 bridgehead atoms. The minimum Gasteiger partial charge on any atom is -0.507 e. The van der Waals surface area contributed by atoms with Gasteiger partial charge in [0.2, 0.25) is 0 Å². The number of allylic oxidation sites excluding steroid dienone is 1. The van der Waals surface area contributed by atoms with Gasteiger partial charge in [-0.1, -0.05) is 23.7 Å². The molecule has 0 saturated carbocycles. The van der Waals surface area contributed by atoms with Gasteiger partial charge in [0.1, 0.15) is 17.6 Å². The zero-order valence-corrected chi connectivity index (χ0v) is 17.4. The van der Waals surface area contributed by atoms with Crippen molar-refractivity contribution in [3.05, 3.63) is 57.3 Å². The highest BCUT2D eigenvalue weighted by Crippen LogP contribution is 2.47. The summed E-state index contributed by atoms with van der Waals surface area (Å²) >= 11 is 5.79. The summed E-state index contributed by atoms with van der Waals surface area (Å²) in [5.41, 5.74) is 0.624. The van der Waals surface area contributed by atoms with Crippen molar-refractivity contribution in [3.8, 4) is 0 Å². The Morgan fingerprint density at radius 1 is 1.42 bits per heavy atom. The van der Waals surface area contributed by atoms with Crippen molar-refractivity contribution in [2.45, 2.75) is 50.7 Å². The van der Waals surface area contributed by atoms with Crippen molar-refractivity contribution >= 4 is 23.4 Å². The predicted octanol–water partition coefficient (Wildman–Crippen LogP) is 1.54. The summed E-state index contributed by atoms with van der Waals surface area (Å²) in [6.45, 7) is 2.10. The van der Waals surface area contributed by atoms with Crippen LogP contribution in [0.25, 0.3) is 0 Å². The summed E-state index contributed by atoms with van der Waals surface area (Å²) < 4.78 is 20.0. The molecule has 0 aromatic heterocycles. The van der Waals surface area contributed by atoms with Crippen LogP contribution in [0.15, 0.2) is 40.9 Å². The number of benzene rings is 1. The summed E-state index contributed by atoms with van der Waals surface area (Å²) in [5.74, 6) is -2.27. The molecule has 10 heteroatoms. The van der Waals surface area contributed by atoms with Gasteiger partial charge in [-0.15, -0.1) is 0 Å². The fourth-order valence-electron chi connectivity index (χ4n) is 4.92. The Morgan fingerprint density at radius 2 is 2.19 bits per heavy atom. The summed E-state index contributed by atoms with van der Waals surface area (Å²) in [6.07, 6.45) is -1.10. The monoisotopic (exact) mass is 449 g/mol. The number of piperazine rings is 1. The maximum absolute atomic E-state index is 14.1. The van der Waals surface area contributed by atoms with Crippen LogP contribution in [-0.2, 0) is 20.9 Å². The number of fused-ring (bicyclic) bond motifs is 2. The largest absolute Gasteiger partial charge is 0.507 e. The van der Waals surface area contributed by atoms with Crippen LogP contribution in [0.3, 0.4) is 0 Å². The van der Waals surface area contributed by atoms with Gasteiger partial charge in [0.15, 0.2) is 12.0 Å². The molecule has 3 N–H and O–H groups in total. The highest BCUT2D eigenvalue weighted by atomic mass is 35.5. The second kappa shape index (κ2) is 7.22. The molecule has 3 fully saturated rings. The van der Waals surface area contributed by atoms with Gasteiger partial charge in [-0.25, -0.2) is 4.39 Å². The molecule has 1 aromatic carbocycles. The van der Waals surface area contributed by atoms with Crippen molar-refractivity contribution in [1.29, 1.82) is 0 Å². The number of aliphatic hydroxyl groups is 2. The van der Waals surface area contributed by atoms with Crippen LogP contribution in [-0.4, -0.2) is 62.8 Å². The number of nitrogens with one attached hydrogen (secondary N) is 1. The van der Waals surface area contributed by atoms with Gasteiger partial charge >= 0.3 is 0 Å². The van der Waals surface area contributed by atoms with E-state index in [-0.39, 0.29) is 40.5 Å². The Labute approximate surface area is 182 Å². The van der Waals surface area contributed by atoms with Crippen LogP contribution in [0.1, 0.15) is 25.3 Å². The fourth-order valence-corrected chi connectivity index (χ4v) is 5.12. The predicted molar refractivity (Wildman–Crippen MR) is 107 cm³/mol. The van der Waals surface area contributed by atoms with E-state index in [0.29, 0.717) is 25.1 Å². The lowest BCUT2D eigenvalue weighted by atomic mass is 9.95. The Bertz CT molecular complexity index is 1060. The van der Waals surface area contributed by atoms with E-state index in [1.807, 2.05) is 6.92 Å². The maximum Gasteiger partial charge on any atom is 0.276 e. The van der Waals surface area contributed by atoms with Crippen LogP contribution in [0, 0.1) is 5.82 Å². The molecule has 2 amide bonds. The Hall–Kier alpha value is -2.62. The zero-order valence-electron chi connectivity index (χ0n) is 16.6. The molecular formula is C21H21ClFN3O5. The number of hydrogen-bond donors (Lipinski definition) is 3. The van der Waals surface area contributed by atoms with E-state index < -0.39 is 35.7 Å². The summed E-state index contributed by atoms with van der Waals surface area (Å²) in [5, 5.41) is 24.0. The molecule has 164 valence electrons. The van der Waals surface area contributed by atoms with Gasteiger partial charge in [-0.05, 0) is 25.8 Å². The average molecular weight is 450 g/mol. The molecular weight excluding hydrogens is 429 g/mol. The van der Waals surface area contributed by atoms with Crippen LogP contribution in [0.5, 0.6) is 0 Å². The second-order valence-corrected chi connectivity index (χ2v) is 8.56. The number of amides is 2. The first kappa shape index (κ1) is 20.3. The lowest BCUT2D eigenvalue weighted by Crippen LogP contribution is -2.59. The van der Waals surface area contributed by atoms with E-state index in [9.17, 15) is 24.2 Å². The van der Waals surface area contributed by atoms with E-state index in [1.165, 1.54) is 12.1 Å². The van der Waals surface area contributed by atoms with E-state index in [0.717, 1.165) is 0 Å². The molecule has 5 rings (SSSR count). The number of carbonyl (C=O) groups excluding carboxylic acids is 2. The quantitative estimate of drug-likeness (QED) is 0.647. The van der Waals surface area contributed by atoms with Crippen molar-refractivity contribution < 1.29 is 28.9 Å². The highest BCUT2D eigenvalue weighted by Gasteiger charge is 2.56. The first-order valence-corrected chi connectivity index (χ1v) is 10.5. The first-order valence-electron chi connectivity index (χ1n) is 10.1. The van der Waals surface area contributed by atoms with Crippen LogP contribution < -0.4 is 5.32 Å². The summed E-state index contributed by atoms with van der Waals surface area (Å²) in [7, 11) is 0. The standard InChI is InChI=1S/C21H21ClFN3O5/c1-9-8-31-21-13-6-5-12-14(17(27)18(28)16(26(12)13)20(30)25(9)21)19(29)24-7-10-3-2-4-11(22)15(10)23/h2-4,9,13,17,21,27-28H,5-8H2,1H3,(H,24,29)/t9-,13?,17?,21?/m1/s1. The minimum atomic E-state index is -1.65. The minimum absolute atomic E-state index is 0.00367. The molecule has 0 radical (unpaired) electrons. The molecule has 3 saturated heterocycles. The Morgan fingerprint density at radius 3 is 2.97 bits per heavy atom. The number of carbonyl (C=O) groups is 2. The Balaban J connectivity index is 1.47. The average Bonchev–Trinajstić information content (AvgIpc) is 3.33. The molecule has 4 heterocycles. The smallest absolute Gasteiger partial charge is 0.276 e. The lowest BCUT2D eigenvalue weighted by molar-refractivity contribution is -0.145. The number of ether oxygens (including phenoxy) is 1. The zero-order chi connectivity index (χ0) is 22.0. The number of hydrogen-bond acceptors (Lipinski definition) is 6. The number of halogens is 2. The Kier molecular flexibility index (Phi) is 4.72. The fraction of sp³-hybridized carbons (Fsp3) is 0.429. The first-order chi connectivity index (χ1) is 14.8. The molecule has 0 aliphatic carbocycles. The van der Waals surface area contributed by atoms with Crippen LogP contribution in [0.4, 0.5) is 4.39 Å². The van der Waals surface area contributed by atoms with Gasteiger partial charge in [-0.3, -0.25) is 9.59 Å². The van der Waals surface area contributed by atoms with Gasteiger partial charge in [0.25, 0.3) is 11.8 Å². The van der Waals surface area contributed by atoms with Crippen LogP contribution in [0.2, 0.25) is 5.02 Å².